The summed E-state index contributed by atoms with van der Waals surface area (Å²) in [6.45, 7) is 0. The molecule has 9 heteroatoms. The van der Waals surface area contributed by atoms with Gasteiger partial charge in [0.05, 0.1) is 47.5 Å². The van der Waals surface area contributed by atoms with E-state index in [9.17, 15) is 10.1 Å². The van der Waals surface area contributed by atoms with Crippen molar-refractivity contribution in [2.45, 2.75) is 49.4 Å². The molecule has 7 nitrogen and oxygen atoms in total. The average Bonchev–Trinajstić information content (AvgIpc) is 3.30. The van der Waals surface area contributed by atoms with Crippen LogP contribution in [0.5, 0.6) is 0 Å². The highest BCUT2D eigenvalue weighted by atomic mass is 127. The summed E-state index contributed by atoms with van der Waals surface area (Å²) >= 11 is 4.52. The minimum absolute atomic E-state index is 0.218. The van der Waals surface area contributed by atoms with Crippen LogP contribution >= 0.6 is 45.2 Å². The van der Waals surface area contributed by atoms with E-state index in [1.165, 1.54) is 0 Å². The maximum atomic E-state index is 11.6. The summed E-state index contributed by atoms with van der Waals surface area (Å²) in [5, 5.41) is 17.8. The van der Waals surface area contributed by atoms with Crippen molar-refractivity contribution in [3.63, 3.8) is 0 Å². The van der Waals surface area contributed by atoms with Crippen molar-refractivity contribution in [2.24, 2.45) is 5.73 Å². The van der Waals surface area contributed by atoms with Gasteiger partial charge in [-0.15, -0.1) is 0 Å². The van der Waals surface area contributed by atoms with Crippen LogP contribution in [-0.2, 0) is 15.6 Å². The number of hydrogen-bond donors (Lipinski definition) is 1. The Bertz CT molecular complexity index is 1410. The molecule has 4 heterocycles. The van der Waals surface area contributed by atoms with E-state index in [1.54, 1.807) is 0 Å². The fourth-order valence-electron chi connectivity index (χ4n) is 4.68. The number of hydrogen-bond acceptors (Lipinski definition) is 4. The van der Waals surface area contributed by atoms with E-state index < -0.39 is 5.41 Å². The van der Waals surface area contributed by atoms with Crippen LogP contribution in [0, 0.1) is 18.5 Å². The van der Waals surface area contributed by atoms with Crippen LogP contribution in [0.2, 0.25) is 0 Å². The highest BCUT2D eigenvalue weighted by Crippen LogP contribution is 2.44. The van der Waals surface area contributed by atoms with Gasteiger partial charge in [0.25, 0.3) is 0 Å². The van der Waals surface area contributed by atoms with Gasteiger partial charge in [-0.1, -0.05) is 18.6 Å². The monoisotopic (exact) mass is 664 g/mol. The number of nitriles is 1. The number of amides is 1. The number of carbonyl (C=O) groups is 1. The predicted molar refractivity (Wildman–Crippen MR) is 142 cm³/mol. The quantitative estimate of drug-likeness (QED) is 0.320. The molecule has 0 unspecified atom stereocenters. The lowest BCUT2D eigenvalue weighted by atomic mass is 9.64. The number of nitrogens with zero attached hydrogens (tertiary/aromatic N) is 5. The molecule has 33 heavy (non-hydrogen) atoms. The molecule has 0 aliphatic heterocycles. The normalized spacial score (nSPS) is 18.0. The van der Waals surface area contributed by atoms with Crippen molar-refractivity contribution in [2.75, 3.05) is 0 Å². The highest BCUT2D eigenvalue weighted by molar-refractivity contribution is 14.1. The SMILES string of the molecule is N#CC1(c2ccc3c(I)cnn3c2)CCC1.NC(=O)C1(c2ccc3c(I)cnn3c2)CCC1. The number of aromatic nitrogens is 4. The number of nitrogens with two attached hydrogens (primary N) is 1. The number of pyridine rings is 2. The minimum Gasteiger partial charge on any atom is -0.369 e. The second kappa shape index (κ2) is 8.54. The maximum Gasteiger partial charge on any atom is 0.228 e. The van der Waals surface area contributed by atoms with Crippen molar-refractivity contribution in [3.05, 3.63) is 67.3 Å². The Morgan fingerprint density at radius 2 is 1.42 bits per heavy atom. The molecule has 6 rings (SSSR count). The Morgan fingerprint density at radius 3 is 1.85 bits per heavy atom. The Morgan fingerprint density at radius 1 is 0.909 bits per heavy atom. The molecule has 0 aromatic carbocycles. The lowest BCUT2D eigenvalue weighted by Gasteiger charge is -2.39. The lowest BCUT2D eigenvalue weighted by molar-refractivity contribution is -0.126. The van der Waals surface area contributed by atoms with Crippen molar-refractivity contribution in [1.29, 1.82) is 5.26 Å². The molecule has 2 fully saturated rings. The molecular formula is C24H22I2N6O. The fourth-order valence-corrected chi connectivity index (χ4v) is 5.78. The minimum atomic E-state index is -0.453. The fraction of sp³-hybridized carbons (Fsp3) is 0.333. The summed E-state index contributed by atoms with van der Waals surface area (Å²) in [5.41, 5.74) is 9.11. The molecule has 1 amide bonds. The zero-order valence-electron chi connectivity index (χ0n) is 17.8. The molecule has 0 atom stereocenters. The standard InChI is InChI=1S/C12H12IN3O.C12H10IN3/c13-9-6-15-16-7-8(2-3-10(9)16)12(11(14)17)4-1-5-12;13-10-6-15-16-7-9(2-3-11(10)16)12(8-14)4-1-5-12/h2-3,6-7H,1,4-5H2,(H2,14,17);2-3,6-7H,1,4-5H2. The summed E-state index contributed by atoms with van der Waals surface area (Å²) in [6.07, 6.45) is 13.5. The third-order valence-electron chi connectivity index (χ3n) is 7.14. The zero-order chi connectivity index (χ0) is 23.2. The van der Waals surface area contributed by atoms with Crippen molar-refractivity contribution < 1.29 is 4.79 Å². The number of carbonyl (C=O) groups excluding carboxylic acids is 1. The first-order valence-corrected chi connectivity index (χ1v) is 13.0. The molecule has 168 valence electrons. The summed E-state index contributed by atoms with van der Waals surface area (Å²) in [5.74, 6) is -0.218. The number of fused-ring (bicyclic) bond motifs is 2. The Labute approximate surface area is 218 Å². The van der Waals surface area contributed by atoms with Gasteiger partial charge in [0.2, 0.25) is 5.91 Å². The summed E-state index contributed by atoms with van der Waals surface area (Å²) in [6, 6.07) is 10.6. The molecule has 2 aliphatic rings. The van der Waals surface area contributed by atoms with Crippen LogP contribution < -0.4 is 5.73 Å². The summed E-state index contributed by atoms with van der Waals surface area (Å²) in [7, 11) is 0. The van der Waals surface area contributed by atoms with E-state index in [0.29, 0.717) is 0 Å². The molecule has 2 N–H and O–H groups in total. The van der Waals surface area contributed by atoms with Crippen LogP contribution in [0.1, 0.15) is 49.7 Å². The molecule has 0 saturated heterocycles. The predicted octanol–water partition coefficient (Wildman–Crippen LogP) is 4.73. The van der Waals surface area contributed by atoms with Gasteiger partial charge in [0.1, 0.15) is 0 Å². The van der Waals surface area contributed by atoms with Gasteiger partial charge >= 0.3 is 0 Å². The van der Waals surface area contributed by atoms with E-state index in [1.807, 2.05) is 46.0 Å². The third kappa shape index (κ3) is 3.71. The topological polar surface area (TPSA) is 101 Å². The number of halogens is 2. The maximum absolute atomic E-state index is 11.6. The molecule has 4 aromatic rings. The van der Waals surface area contributed by atoms with E-state index in [-0.39, 0.29) is 11.3 Å². The second-order valence-electron chi connectivity index (χ2n) is 8.83. The van der Waals surface area contributed by atoms with E-state index in [4.69, 9.17) is 5.73 Å². The van der Waals surface area contributed by atoms with Gasteiger partial charge in [-0.05, 0) is 101 Å². The van der Waals surface area contributed by atoms with Gasteiger partial charge in [-0.2, -0.15) is 15.5 Å². The Hall–Kier alpha value is -2.20. The average molecular weight is 664 g/mol. The van der Waals surface area contributed by atoms with Crippen LogP contribution in [0.4, 0.5) is 0 Å². The van der Waals surface area contributed by atoms with Crippen LogP contribution in [-0.4, -0.2) is 25.1 Å². The van der Waals surface area contributed by atoms with Crippen molar-refractivity contribution in [3.8, 4) is 6.07 Å². The molecule has 2 aliphatic carbocycles. The number of rotatable bonds is 3. The summed E-state index contributed by atoms with van der Waals surface area (Å²) < 4.78 is 5.94. The molecule has 0 radical (unpaired) electrons. The molecule has 4 aromatic heterocycles. The van der Waals surface area contributed by atoms with Crippen LogP contribution in [0.15, 0.2) is 49.1 Å². The van der Waals surface area contributed by atoms with Gasteiger partial charge < -0.3 is 5.73 Å². The Kier molecular flexibility index (Phi) is 5.84. The first-order valence-electron chi connectivity index (χ1n) is 10.9. The van der Waals surface area contributed by atoms with Crippen molar-refractivity contribution in [1.82, 2.24) is 19.2 Å². The van der Waals surface area contributed by atoms with Crippen LogP contribution in [0.3, 0.4) is 0 Å². The van der Waals surface area contributed by atoms with Gasteiger partial charge in [-0.25, -0.2) is 9.03 Å². The second-order valence-corrected chi connectivity index (χ2v) is 11.2. The van der Waals surface area contributed by atoms with Gasteiger partial charge in [-0.3, -0.25) is 4.79 Å². The highest BCUT2D eigenvalue weighted by Gasteiger charge is 2.44. The largest absolute Gasteiger partial charge is 0.369 e. The zero-order valence-corrected chi connectivity index (χ0v) is 22.2. The first-order chi connectivity index (χ1) is 15.9. The molecular weight excluding hydrogens is 642 g/mol. The lowest BCUT2D eigenvalue weighted by Crippen LogP contribution is -2.46. The molecule has 2 saturated carbocycles. The Balaban J connectivity index is 0.000000139. The number of primary amides is 1. The van der Waals surface area contributed by atoms with E-state index >= 15 is 0 Å². The van der Waals surface area contributed by atoms with Gasteiger partial charge in [0.15, 0.2) is 0 Å². The summed E-state index contributed by atoms with van der Waals surface area (Å²) in [4.78, 5) is 11.6. The van der Waals surface area contributed by atoms with E-state index in [2.05, 4.69) is 73.6 Å². The first kappa shape index (κ1) is 22.6. The molecule has 0 spiro atoms. The van der Waals surface area contributed by atoms with Crippen molar-refractivity contribution >= 4 is 62.1 Å². The van der Waals surface area contributed by atoms with Crippen LogP contribution in [0.25, 0.3) is 11.0 Å². The third-order valence-corrected chi connectivity index (χ3v) is 8.81. The van der Waals surface area contributed by atoms with Gasteiger partial charge in [0, 0.05) is 12.4 Å². The molecule has 0 bridgehead atoms. The smallest absolute Gasteiger partial charge is 0.228 e. The van der Waals surface area contributed by atoms with E-state index in [0.717, 1.165) is 67.8 Å².